The van der Waals surface area contributed by atoms with Gasteiger partial charge in [0.2, 0.25) is 0 Å². The van der Waals surface area contributed by atoms with Crippen molar-refractivity contribution in [3.8, 4) is 5.75 Å². The Bertz CT molecular complexity index is 461. The number of aliphatic hydroxyl groups excluding tert-OH is 2. The second-order valence-electron chi connectivity index (χ2n) is 3.76. The van der Waals surface area contributed by atoms with Crippen LogP contribution in [0, 0.1) is 0 Å². The van der Waals surface area contributed by atoms with Gasteiger partial charge in [0, 0.05) is 0 Å². The second-order valence-corrected chi connectivity index (χ2v) is 3.76. The summed E-state index contributed by atoms with van der Waals surface area (Å²) in [5, 5.41) is 19.2. The van der Waals surface area contributed by atoms with Crippen molar-refractivity contribution in [3.63, 3.8) is 0 Å². The minimum Gasteiger partial charge on any atom is -0.464 e. The fraction of sp³-hybridized carbons (Fsp3) is 0.417. The zero-order chi connectivity index (χ0) is 15.3. The third kappa shape index (κ3) is 4.71. The molecule has 8 heteroatoms. The van der Waals surface area contributed by atoms with E-state index >= 15 is 0 Å². The summed E-state index contributed by atoms with van der Waals surface area (Å²) in [7, 11) is 0. The topological polar surface area (TPSA) is 76.0 Å². The van der Waals surface area contributed by atoms with Gasteiger partial charge in [-0.05, 0) is 24.6 Å². The number of carbonyl (C=O) groups is 1. The van der Waals surface area contributed by atoms with Gasteiger partial charge < -0.3 is 19.7 Å². The van der Waals surface area contributed by atoms with Gasteiger partial charge in [0.1, 0.15) is 11.9 Å². The molecular formula is C12H13F3O5. The first-order valence-electron chi connectivity index (χ1n) is 5.63. The average molecular weight is 294 g/mol. The van der Waals surface area contributed by atoms with Crippen molar-refractivity contribution >= 4 is 5.97 Å². The van der Waals surface area contributed by atoms with Gasteiger partial charge in [0.25, 0.3) is 0 Å². The molecule has 0 aliphatic heterocycles. The van der Waals surface area contributed by atoms with Gasteiger partial charge in [-0.2, -0.15) is 0 Å². The molecule has 0 radical (unpaired) electrons. The molecule has 0 fully saturated rings. The summed E-state index contributed by atoms with van der Waals surface area (Å²) in [5.74, 6) is -1.63. The van der Waals surface area contributed by atoms with Gasteiger partial charge in [0.15, 0.2) is 6.10 Å². The summed E-state index contributed by atoms with van der Waals surface area (Å²) in [6, 6.07) is 4.34. The lowest BCUT2D eigenvalue weighted by atomic mass is 10.0. The molecule has 0 aliphatic carbocycles. The van der Waals surface area contributed by atoms with Crippen LogP contribution in [0.3, 0.4) is 0 Å². The third-order valence-corrected chi connectivity index (χ3v) is 2.26. The van der Waals surface area contributed by atoms with E-state index in [1.165, 1.54) is 19.1 Å². The van der Waals surface area contributed by atoms with Crippen molar-refractivity contribution in [2.45, 2.75) is 25.5 Å². The van der Waals surface area contributed by atoms with E-state index in [0.717, 1.165) is 12.1 Å². The summed E-state index contributed by atoms with van der Waals surface area (Å²) in [5.41, 5.74) is -0.104. The Morgan fingerprint density at radius 2 is 2.00 bits per heavy atom. The summed E-state index contributed by atoms with van der Waals surface area (Å²) in [6.07, 6.45) is -8.48. The number of hydrogen-bond donors (Lipinski definition) is 2. The highest BCUT2D eigenvalue weighted by atomic mass is 19.4. The molecule has 112 valence electrons. The number of carbonyl (C=O) groups excluding carboxylic acids is 1. The Hall–Kier alpha value is -1.80. The normalized spacial score (nSPS) is 14.5. The van der Waals surface area contributed by atoms with Gasteiger partial charge in [-0.25, -0.2) is 4.79 Å². The molecular weight excluding hydrogens is 281 g/mol. The highest BCUT2D eigenvalue weighted by Gasteiger charge is 2.32. The fourth-order valence-electron chi connectivity index (χ4n) is 1.43. The van der Waals surface area contributed by atoms with E-state index in [1.807, 2.05) is 0 Å². The molecule has 1 rings (SSSR count). The van der Waals surface area contributed by atoms with Gasteiger partial charge in [-0.3, -0.25) is 0 Å². The number of alkyl halides is 3. The molecule has 0 heterocycles. The summed E-state index contributed by atoms with van der Waals surface area (Å²) < 4.78 is 44.3. The number of aliphatic hydroxyl groups is 2. The summed E-state index contributed by atoms with van der Waals surface area (Å²) >= 11 is 0. The van der Waals surface area contributed by atoms with E-state index in [2.05, 4.69) is 9.47 Å². The summed E-state index contributed by atoms with van der Waals surface area (Å²) in [6.45, 7) is 1.51. The minimum atomic E-state index is -4.87. The molecule has 20 heavy (non-hydrogen) atoms. The fourth-order valence-corrected chi connectivity index (χ4v) is 1.43. The number of rotatable bonds is 5. The largest absolute Gasteiger partial charge is 0.573 e. The Balaban J connectivity index is 2.85. The number of hydrogen-bond acceptors (Lipinski definition) is 5. The van der Waals surface area contributed by atoms with Gasteiger partial charge in [0.05, 0.1) is 6.61 Å². The molecule has 0 aliphatic rings. The van der Waals surface area contributed by atoms with Crippen LogP contribution in [0.15, 0.2) is 24.3 Å². The van der Waals surface area contributed by atoms with Gasteiger partial charge in [-0.15, -0.1) is 13.2 Å². The molecule has 0 saturated heterocycles. The quantitative estimate of drug-likeness (QED) is 0.806. The Morgan fingerprint density at radius 1 is 1.35 bits per heavy atom. The molecule has 2 unspecified atom stereocenters. The SMILES string of the molecule is CCOC(=O)C(O)C(O)c1cccc(OC(F)(F)F)c1. The first-order valence-corrected chi connectivity index (χ1v) is 5.63. The monoisotopic (exact) mass is 294 g/mol. The average Bonchev–Trinajstić information content (AvgIpc) is 2.35. The molecule has 0 amide bonds. The molecule has 2 atom stereocenters. The lowest BCUT2D eigenvalue weighted by Gasteiger charge is -2.17. The van der Waals surface area contributed by atoms with Crippen molar-refractivity contribution in [3.05, 3.63) is 29.8 Å². The molecule has 0 bridgehead atoms. The molecule has 5 nitrogen and oxygen atoms in total. The van der Waals surface area contributed by atoms with Crippen molar-refractivity contribution in [2.75, 3.05) is 6.61 Å². The highest BCUT2D eigenvalue weighted by Crippen LogP contribution is 2.26. The van der Waals surface area contributed by atoms with E-state index in [4.69, 9.17) is 0 Å². The van der Waals surface area contributed by atoms with E-state index < -0.39 is 30.3 Å². The van der Waals surface area contributed by atoms with Crippen molar-refractivity contribution in [1.29, 1.82) is 0 Å². The minimum absolute atomic E-state index is 0.000161. The van der Waals surface area contributed by atoms with Crippen molar-refractivity contribution in [1.82, 2.24) is 0 Å². The van der Waals surface area contributed by atoms with Crippen molar-refractivity contribution in [2.24, 2.45) is 0 Å². The van der Waals surface area contributed by atoms with Crippen LogP contribution in [0.1, 0.15) is 18.6 Å². The number of ether oxygens (including phenoxy) is 2. The number of benzene rings is 1. The smallest absolute Gasteiger partial charge is 0.464 e. The highest BCUT2D eigenvalue weighted by molar-refractivity contribution is 5.75. The molecule has 1 aromatic carbocycles. The first-order chi connectivity index (χ1) is 9.24. The molecule has 1 aromatic rings. The van der Waals surface area contributed by atoms with E-state index in [9.17, 15) is 28.2 Å². The van der Waals surface area contributed by atoms with Crippen LogP contribution in [-0.2, 0) is 9.53 Å². The van der Waals surface area contributed by atoms with Crippen LogP contribution in [0.4, 0.5) is 13.2 Å². The van der Waals surface area contributed by atoms with E-state index in [0.29, 0.717) is 0 Å². The number of halogens is 3. The predicted octanol–water partition coefficient (Wildman–Crippen LogP) is 1.54. The van der Waals surface area contributed by atoms with Crippen LogP contribution in [0.2, 0.25) is 0 Å². The van der Waals surface area contributed by atoms with E-state index in [-0.39, 0.29) is 12.2 Å². The lowest BCUT2D eigenvalue weighted by Crippen LogP contribution is -2.30. The third-order valence-electron chi connectivity index (χ3n) is 2.26. The van der Waals surface area contributed by atoms with Gasteiger partial charge in [-0.1, -0.05) is 12.1 Å². The molecule has 0 aromatic heterocycles. The van der Waals surface area contributed by atoms with Crippen LogP contribution in [0.25, 0.3) is 0 Å². The van der Waals surface area contributed by atoms with Gasteiger partial charge >= 0.3 is 12.3 Å². The second kappa shape index (κ2) is 6.58. The standard InChI is InChI=1S/C12H13F3O5/c1-2-19-11(18)10(17)9(16)7-4-3-5-8(6-7)20-12(13,14)15/h3-6,9-10,16-17H,2H2,1H3. The zero-order valence-corrected chi connectivity index (χ0v) is 10.4. The molecule has 2 N–H and O–H groups in total. The van der Waals surface area contributed by atoms with Crippen molar-refractivity contribution < 1.29 is 37.7 Å². The lowest BCUT2D eigenvalue weighted by molar-refractivity contribution is -0.274. The Labute approximate surface area is 112 Å². The van der Waals surface area contributed by atoms with Crippen LogP contribution in [0.5, 0.6) is 5.75 Å². The Kier molecular flexibility index (Phi) is 5.34. The first kappa shape index (κ1) is 16.3. The summed E-state index contributed by atoms with van der Waals surface area (Å²) in [4.78, 5) is 11.2. The maximum absolute atomic E-state index is 12.1. The predicted molar refractivity (Wildman–Crippen MR) is 60.7 cm³/mol. The van der Waals surface area contributed by atoms with Crippen LogP contribution in [-0.4, -0.2) is 35.3 Å². The van der Waals surface area contributed by atoms with E-state index in [1.54, 1.807) is 0 Å². The Morgan fingerprint density at radius 3 is 2.55 bits per heavy atom. The van der Waals surface area contributed by atoms with Crippen LogP contribution >= 0.6 is 0 Å². The zero-order valence-electron chi connectivity index (χ0n) is 10.4. The maximum Gasteiger partial charge on any atom is 0.573 e. The number of esters is 1. The molecule has 0 spiro atoms. The molecule has 0 saturated carbocycles. The van der Waals surface area contributed by atoms with Crippen LogP contribution < -0.4 is 4.74 Å². The maximum atomic E-state index is 12.1.